The number of unbranched alkanes of at least 4 members (excludes halogenated alkanes) is 2. The Morgan fingerprint density at radius 1 is 0.586 bits per heavy atom. The van der Waals surface area contributed by atoms with Crippen LogP contribution in [0.15, 0.2) is 60.7 Å². The van der Waals surface area contributed by atoms with Gasteiger partial charge < -0.3 is 0 Å². The first-order chi connectivity index (χ1) is 27.3. The van der Waals surface area contributed by atoms with E-state index in [2.05, 4.69) is 13.8 Å². The third-order valence-electron chi connectivity index (χ3n) is 9.27. The zero-order valence-corrected chi connectivity index (χ0v) is 33.3. The second-order valence-electron chi connectivity index (χ2n) is 12.9. The molecule has 0 atom stereocenters. The molecule has 0 unspecified atom stereocenters. The molecule has 312 valence electrons. The molecule has 0 aliphatic carbocycles. The number of hydrogen-bond acceptors (Lipinski definition) is 3. The van der Waals surface area contributed by atoms with Gasteiger partial charge in [-0.15, -0.1) is 0 Å². The Morgan fingerprint density at radius 2 is 0.914 bits per heavy atom. The zero-order valence-electron chi connectivity index (χ0n) is 30.2. The summed E-state index contributed by atoms with van der Waals surface area (Å²) in [5, 5.41) is 0. The van der Waals surface area contributed by atoms with Crippen molar-refractivity contribution in [2.75, 3.05) is 13.2 Å². The van der Waals surface area contributed by atoms with Gasteiger partial charge in [-0.3, -0.25) is 0 Å². The Labute approximate surface area is 334 Å². The molecule has 0 N–H and O–H groups in total. The molecule has 0 radical (unpaired) electrons. The quantitative estimate of drug-likeness (QED) is 0.0419. The summed E-state index contributed by atoms with van der Waals surface area (Å²) in [7, 11) is -7.20. The first kappa shape index (κ1) is 45.3. The molecular formula is C38H30BF13O4STe. The van der Waals surface area contributed by atoms with Gasteiger partial charge in [0.25, 0.3) is 0 Å². The monoisotopic (exact) mass is 970 g/mol. The summed E-state index contributed by atoms with van der Waals surface area (Å²) in [6, 6.07) is 12.6. The van der Waals surface area contributed by atoms with Gasteiger partial charge in [-0.05, 0) is 0 Å². The van der Waals surface area contributed by atoms with Gasteiger partial charge in [-0.1, -0.05) is 33.1 Å². The van der Waals surface area contributed by atoms with Crippen molar-refractivity contribution >= 4 is 55.8 Å². The average molecular weight is 968 g/mol. The number of alkyl halides is 3. The van der Waals surface area contributed by atoms with Crippen molar-refractivity contribution in [2.45, 2.75) is 51.5 Å². The molecule has 1 saturated heterocycles. The van der Waals surface area contributed by atoms with Crippen LogP contribution in [-0.2, 0) is 18.5 Å². The van der Waals surface area contributed by atoms with Gasteiger partial charge in [0.1, 0.15) is 0 Å². The fraction of sp³-hybridized carbons (Fsp3) is 0.263. The van der Waals surface area contributed by atoms with E-state index >= 15 is 35.1 Å². The molecular weight excluding hydrogens is 938 g/mol. The van der Waals surface area contributed by atoms with Crippen LogP contribution in [0, 0.1) is 58.2 Å². The molecule has 2 heterocycles. The van der Waals surface area contributed by atoms with Gasteiger partial charge in [0.05, 0.1) is 0 Å². The minimum absolute atomic E-state index is 0.129. The van der Waals surface area contributed by atoms with E-state index in [0.29, 0.717) is 0 Å². The van der Waals surface area contributed by atoms with Crippen molar-refractivity contribution in [1.82, 2.24) is 0 Å². The van der Waals surface area contributed by atoms with E-state index < -0.39 is 144 Å². The topological polar surface area (TPSA) is 46.1 Å². The van der Waals surface area contributed by atoms with Crippen LogP contribution >= 0.6 is 0 Å². The summed E-state index contributed by atoms with van der Waals surface area (Å²) in [5.74, 6) is -27.0. The third-order valence-corrected chi connectivity index (χ3v) is 14.1. The molecule has 2 aliphatic heterocycles. The Morgan fingerprint density at radius 3 is 1.21 bits per heavy atom. The molecule has 58 heavy (non-hydrogen) atoms. The van der Waals surface area contributed by atoms with Crippen molar-refractivity contribution in [1.29, 1.82) is 0 Å². The molecule has 0 saturated carbocycles. The number of rotatable bonds is 9. The van der Waals surface area contributed by atoms with Gasteiger partial charge in [0.15, 0.2) is 0 Å². The average Bonchev–Trinajstić information content (AvgIpc) is 3.75. The Balaban J connectivity index is 0.00000121. The van der Waals surface area contributed by atoms with Crippen molar-refractivity contribution in [3.8, 4) is 0 Å². The van der Waals surface area contributed by atoms with Crippen LogP contribution in [0.5, 0.6) is 0 Å². The summed E-state index contributed by atoms with van der Waals surface area (Å²) in [6.45, 7) is -2.25. The van der Waals surface area contributed by atoms with Gasteiger partial charge in [-0.25, -0.2) is 0 Å². The predicted octanol–water partition coefficient (Wildman–Crippen LogP) is 11.2. The maximum atomic E-state index is 16.1. The fourth-order valence-corrected chi connectivity index (χ4v) is 11.6. The van der Waals surface area contributed by atoms with E-state index in [9.17, 15) is 30.4 Å². The first-order valence-corrected chi connectivity index (χ1v) is 21.2. The molecule has 0 bridgehead atoms. The van der Waals surface area contributed by atoms with Crippen LogP contribution in [-0.4, -0.2) is 54.6 Å². The van der Waals surface area contributed by atoms with Crippen molar-refractivity contribution in [2.24, 2.45) is 0 Å². The van der Waals surface area contributed by atoms with Gasteiger partial charge in [0, 0.05) is 0 Å². The second kappa shape index (κ2) is 17.8. The van der Waals surface area contributed by atoms with E-state index in [1.54, 1.807) is 0 Å². The first-order valence-electron chi connectivity index (χ1n) is 17.4. The maximum absolute atomic E-state index is 16.1. The molecule has 0 amide bonds. The summed E-state index contributed by atoms with van der Waals surface area (Å²) in [6.07, 6.45) is 3.82. The van der Waals surface area contributed by atoms with E-state index in [1.165, 1.54) is 79.9 Å². The normalized spacial score (nSPS) is 16.2. The van der Waals surface area contributed by atoms with Gasteiger partial charge in [-0.2, -0.15) is 0 Å². The molecule has 4 aromatic carbocycles. The summed E-state index contributed by atoms with van der Waals surface area (Å²) >= 11 is -2.80. The van der Waals surface area contributed by atoms with Crippen LogP contribution < -0.4 is 0 Å². The molecule has 0 spiro atoms. The van der Waals surface area contributed by atoms with Crippen molar-refractivity contribution < 1.29 is 73.9 Å². The molecule has 4 nitrogen and oxygen atoms in total. The van der Waals surface area contributed by atoms with Crippen molar-refractivity contribution in [3.05, 3.63) is 141 Å². The number of benzene rings is 4. The Bertz CT molecular complexity index is 2180. The van der Waals surface area contributed by atoms with E-state index in [4.69, 9.17) is 4.10 Å². The van der Waals surface area contributed by atoms with Crippen molar-refractivity contribution in [3.63, 3.8) is 0 Å². The van der Waals surface area contributed by atoms with E-state index in [1.807, 2.05) is 4.28 Å². The Kier molecular flexibility index (Phi) is 13.9. The zero-order chi connectivity index (χ0) is 42.9. The summed E-state index contributed by atoms with van der Waals surface area (Å²) in [5.41, 5.74) is -14.0. The number of hydrogen-bond donors (Lipinski definition) is 0. The van der Waals surface area contributed by atoms with Crippen LogP contribution in [0.25, 0.3) is 18.2 Å². The molecule has 0 aromatic heterocycles. The third kappa shape index (κ3) is 8.06. The van der Waals surface area contributed by atoms with Crippen LogP contribution in [0.2, 0.25) is 0 Å². The summed E-state index contributed by atoms with van der Waals surface area (Å²) in [4.78, 5) is 0. The van der Waals surface area contributed by atoms with Crippen LogP contribution in [0.1, 0.15) is 68.2 Å². The minimum atomic E-state index is -7.20. The molecule has 6 rings (SSSR count). The predicted molar refractivity (Wildman–Crippen MR) is 192 cm³/mol. The standard InChI is InChI=1S/C33H18BF13O4STe.C5H12/c35-21-17(22(36)26(40)29(43)25(21)39)19-31(15-9-3-1-4-10-15)53-32(16-11-5-2-6-12-16)20(18-23(37)27(41)30(44)28(42)24(18)38)34(19,51-13-7-8-14-51)50-52(48,49)33(45,46)47;1-3-5-4-2/h1-6,9-12H,7-8,13-14H2;3-5H2,1-2H3. The van der Waals surface area contributed by atoms with E-state index in [0.717, 1.165) is 0 Å². The second-order valence-corrected chi connectivity index (χ2v) is 17.4. The fourth-order valence-electron chi connectivity index (χ4n) is 6.68. The molecule has 4 aromatic rings. The molecule has 20 heteroatoms. The summed E-state index contributed by atoms with van der Waals surface area (Å²) < 4.78 is 229. The SMILES string of the molecule is CCCCC.O=S(=O)(O[B-]1([O+]2CCCC2)C(c2c(F)c(F)c(F)c(F)c2F)=C(c2ccccc2)[Te]C(c2ccccc2)=C1c1c(F)c(F)c(F)c(F)c1F)C(F)(F)F. The van der Waals surface area contributed by atoms with E-state index in [-0.39, 0.29) is 24.0 Å². The molecule has 1 fully saturated rings. The van der Waals surface area contributed by atoms with Gasteiger partial charge >= 0.3 is 302 Å². The Hall–Kier alpha value is -3.83. The van der Waals surface area contributed by atoms with Gasteiger partial charge in [0.2, 0.25) is 0 Å². The number of halogens is 13. The van der Waals surface area contributed by atoms with Crippen LogP contribution in [0.4, 0.5) is 57.1 Å². The van der Waals surface area contributed by atoms with Crippen LogP contribution in [0.3, 0.4) is 0 Å². The molecule has 2 aliphatic rings.